The minimum atomic E-state index is -0.366. The van der Waals surface area contributed by atoms with Crippen LogP contribution in [0.1, 0.15) is 12.8 Å². The van der Waals surface area contributed by atoms with E-state index in [4.69, 9.17) is 14.3 Å². The first-order valence-electron chi connectivity index (χ1n) is 5.57. The summed E-state index contributed by atoms with van der Waals surface area (Å²) in [7, 11) is 0. The molecular weight excluding hydrogens is 220 g/mol. The van der Waals surface area contributed by atoms with Crippen molar-refractivity contribution in [1.82, 2.24) is 0 Å². The van der Waals surface area contributed by atoms with Crippen LogP contribution in [-0.2, 0) is 0 Å². The Morgan fingerprint density at radius 2 is 2.00 bits per heavy atom. The van der Waals surface area contributed by atoms with Gasteiger partial charge in [-0.3, -0.25) is 0 Å². The van der Waals surface area contributed by atoms with Crippen molar-refractivity contribution in [3.05, 3.63) is 40.8 Å². The first-order chi connectivity index (χ1) is 8.29. The van der Waals surface area contributed by atoms with Crippen LogP contribution in [0.15, 0.2) is 39.5 Å². The molecule has 4 nitrogen and oxygen atoms in total. The SMILES string of the molecule is O=c1ccc2ccc(OCCCCO)cc2o1. The van der Waals surface area contributed by atoms with Gasteiger partial charge in [-0.2, -0.15) is 0 Å². The average Bonchev–Trinajstić information content (AvgIpc) is 2.34. The fourth-order valence-corrected chi connectivity index (χ4v) is 1.53. The highest BCUT2D eigenvalue weighted by molar-refractivity contribution is 5.77. The summed E-state index contributed by atoms with van der Waals surface area (Å²) in [5.41, 5.74) is 0.159. The molecule has 0 spiro atoms. The molecule has 0 aliphatic carbocycles. The van der Waals surface area contributed by atoms with Gasteiger partial charge in [0.1, 0.15) is 11.3 Å². The molecule has 0 aliphatic rings. The maximum absolute atomic E-state index is 11.1. The van der Waals surface area contributed by atoms with E-state index < -0.39 is 0 Å². The number of fused-ring (bicyclic) bond motifs is 1. The third-order valence-corrected chi connectivity index (χ3v) is 2.42. The zero-order chi connectivity index (χ0) is 12.1. The van der Waals surface area contributed by atoms with Crippen molar-refractivity contribution >= 4 is 11.0 Å². The molecule has 0 atom stereocenters. The maximum Gasteiger partial charge on any atom is 0.336 e. The lowest BCUT2D eigenvalue weighted by molar-refractivity contribution is 0.253. The monoisotopic (exact) mass is 234 g/mol. The molecule has 1 N–H and O–H groups in total. The molecule has 0 saturated carbocycles. The number of benzene rings is 1. The van der Waals surface area contributed by atoms with Gasteiger partial charge in [0.05, 0.1) is 6.61 Å². The molecule has 17 heavy (non-hydrogen) atoms. The van der Waals surface area contributed by atoms with Gasteiger partial charge in [-0.25, -0.2) is 4.79 Å². The van der Waals surface area contributed by atoms with E-state index in [-0.39, 0.29) is 12.2 Å². The standard InChI is InChI=1S/C13H14O4/c14-7-1-2-8-16-11-5-3-10-4-6-13(15)17-12(10)9-11/h3-6,9,14H,1-2,7-8H2. The molecule has 0 fully saturated rings. The van der Waals surface area contributed by atoms with Crippen LogP contribution >= 0.6 is 0 Å². The van der Waals surface area contributed by atoms with E-state index in [0.717, 1.165) is 18.2 Å². The third-order valence-electron chi connectivity index (χ3n) is 2.42. The van der Waals surface area contributed by atoms with Crippen molar-refractivity contribution < 1.29 is 14.3 Å². The lowest BCUT2D eigenvalue weighted by Crippen LogP contribution is -1.99. The Morgan fingerprint density at radius 3 is 2.82 bits per heavy atom. The van der Waals surface area contributed by atoms with Gasteiger partial charge in [0.15, 0.2) is 0 Å². The number of ether oxygens (including phenoxy) is 1. The van der Waals surface area contributed by atoms with Gasteiger partial charge in [0.25, 0.3) is 0 Å². The van der Waals surface area contributed by atoms with E-state index in [1.807, 2.05) is 12.1 Å². The van der Waals surface area contributed by atoms with E-state index in [1.165, 1.54) is 6.07 Å². The molecule has 0 unspecified atom stereocenters. The van der Waals surface area contributed by atoms with Crippen molar-refractivity contribution in [1.29, 1.82) is 0 Å². The van der Waals surface area contributed by atoms with Gasteiger partial charge in [-0.1, -0.05) is 0 Å². The Labute approximate surface area is 98.4 Å². The average molecular weight is 234 g/mol. The summed E-state index contributed by atoms with van der Waals surface area (Å²) in [6.07, 6.45) is 1.52. The molecule has 1 aromatic carbocycles. The maximum atomic E-state index is 11.1. The van der Waals surface area contributed by atoms with Crippen LogP contribution in [0.25, 0.3) is 11.0 Å². The van der Waals surface area contributed by atoms with Gasteiger partial charge < -0.3 is 14.3 Å². The molecule has 0 bridgehead atoms. The predicted molar refractivity (Wildman–Crippen MR) is 64.3 cm³/mol. The van der Waals surface area contributed by atoms with Crippen LogP contribution in [0.2, 0.25) is 0 Å². The van der Waals surface area contributed by atoms with E-state index in [1.54, 1.807) is 12.1 Å². The second kappa shape index (κ2) is 5.50. The number of hydrogen-bond donors (Lipinski definition) is 1. The summed E-state index contributed by atoms with van der Waals surface area (Å²) in [5, 5.41) is 9.50. The molecule has 4 heteroatoms. The topological polar surface area (TPSA) is 59.7 Å². The van der Waals surface area contributed by atoms with E-state index in [9.17, 15) is 4.79 Å². The molecular formula is C13H14O4. The van der Waals surface area contributed by atoms with Gasteiger partial charge in [0.2, 0.25) is 0 Å². The normalized spacial score (nSPS) is 10.6. The van der Waals surface area contributed by atoms with Crippen LogP contribution in [0.4, 0.5) is 0 Å². The largest absolute Gasteiger partial charge is 0.493 e. The highest BCUT2D eigenvalue weighted by Crippen LogP contribution is 2.19. The Balaban J connectivity index is 2.11. The number of rotatable bonds is 5. The van der Waals surface area contributed by atoms with Gasteiger partial charge in [-0.15, -0.1) is 0 Å². The molecule has 0 radical (unpaired) electrons. The summed E-state index contributed by atoms with van der Waals surface area (Å²) >= 11 is 0. The van der Waals surface area contributed by atoms with Crippen LogP contribution in [0.3, 0.4) is 0 Å². The summed E-state index contributed by atoms with van der Waals surface area (Å²) in [5.74, 6) is 0.671. The molecule has 0 saturated heterocycles. The zero-order valence-corrected chi connectivity index (χ0v) is 9.39. The molecule has 1 heterocycles. The molecule has 0 aliphatic heterocycles. The summed E-state index contributed by atoms with van der Waals surface area (Å²) in [6, 6.07) is 8.50. The third kappa shape index (κ3) is 3.07. The Morgan fingerprint density at radius 1 is 1.18 bits per heavy atom. The Hall–Kier alpha value is -1.81. The number of aliphatic hydroxyl groups is 1. The molecule has 2 aromatic rings. The number of hydrogen-bond acceptors (Lipinski definition) is 4. The summed E-state index contributed by atoms with van der Waals surface area (Å²) in [4.78, 5) is 11.1. The lowest BCUT2D eigenvalue weighted by Gasteiger charge is -2.05. The first-order valence-corrected chi connectivity index (χ1v) is 5.57. The first kappa shape index (κ1) is 11.7. The van der Waals surface area contributed by atoms with Gasteiger partial charge >= 0.3 is 5.63 Å². The Bertz CT molecular complexity index is 544. The van der Waals surface area contributed by atoms with Crippen LogP contribution in [-0.4, -0.2) is 18.3 Å². The quantitative estimate of drug-likeness (QED) is 0.634. The molecule has 90 valence electrons. The predicted octanol–water partition coefficient (Wildman–Crippen LogP) is 1.94. The van der Waals surface area contributed by atoms with Crippen LogP contribution < -0.4 is 10.4 Å². The van der Waals surface area contributed by atoms with E-state index >= 15 is 0 Å². The van der Waals surface area contributed by atoms with Crippen molar-refractivity contribution in [3.63, 3.8) is 0 Å². The van der Waals surface area contributed by atoms with E-state index in [2.05, 4.69) is 0 Å². The highest BCUT2D eigenvalue weighted by Gasteiger charge is 2.00. The van der Waals surface area contributed by atoms with Crippen LogP contribution in [0, 0.1) is 0 Å². The van der Waals surface area contributed by atoms with E-state index in [0.29, 0.717) is 17.9 Å². The fraction of sp³-hybridized carbons (Fsp3) is 0.308. The highest BCUT2D eigenvalue weighted by atomic mass is 16.5. The van der Waals surface area contributed by atoms with Crippen molar-refractivity contribution in [2.45, 2.75) is 12.8 Å². The van der Waals surface area contributed by atoms with Crippen molar-refractivity contribution in [3.8, 4) is 5.75 Å². The smallest absolute Gasteiger partial charge is 0.336 e. The minimum Gasteiger partial charge on any atom is -0.493 e. The molecule has 1 aromatic heterocycles. The number of aliphatic hydroxyl groups excluding tert-OH is 1. The summed E-state index contributed by atoms with van der Waals surface area (Å²) < 4.78 is 10.5. The molecule has 0 amide bonds. The lowest BCUT2D eigenvalue weighted by atomic mass is 10.2. The zero-order valence-electron chi connectivity index (χ0n) is 9.39. The van der Waals surface area contributed by atoms with Crippen molar-refractivity contribution in [2.24, 2.45) is 0 Å². The van der Waals surface area contributed by atoms with Gasteiger partial charge in [0, 0.05) is 24.1 Å². The second-order valence-electron chi connectivity index (χ2n) is 3.73. The molecule has 2 rings (SSSR count). The fourth-order valence-electron chi connectivity index (χ4n) is 1.53. The Kier molecular flexibility index (Phi) is 3.77. The minimum absolute atomic E-state index is 0.177. The van der Waals surface area contributed by atoms with Crippen molar-refractivity contribution in [2.75, 3.05) is 13.2 Å². The van der Waals surface area contributed by atoms with Gasteiger partial charge in [-0.05, 0) is 31.0 Å². The summed E-state index contributed by atoms with van der Waals surface area (Å²) in [6.45, 7) is 0.721. The number of unbranched alkanes of at least 4 members (excludes halogenated alkanes) is 1. The van der Waals surface area contributed by atoms with Crippen LogP contribution in [0.5, 0.6) is 5.75 Å². The second-order valence-corrected chi connectivity index (χ2v) is 3.73.